The Hall–Kier alpha value is -4.09. The summed E-state index contributed by atoms with van der Waals surface area (Å²) in [4.78, 5) is 25.8. The number of nitrogens with one attached hydrogen (secondary N) is 1. The van der Waals surface area contributed by atoms with E-state index < -0.39 is 35.2 Å². The predicted molar refractivity (Wildman–Crippen MR) is 151 cm³/mol. The number of hydrogen-bond donors (Lipinski definition) is 2. The summed E-state index contributed by atoms with van der Waals surface area (Å²) in [5.74, 6) is -2.41. The highest BCUT2D eigenvalue weighted by Crippen LogP contribution is 2.51. The van der Waals surface area contributed by atoms with Crippen LogP contribution in [0.2, 0.25) is 0 Å². The Kier molecular flexibility index (Phi) is 6.42. The van der Waals surface area contributed by atoms with E-state index in [2.05, 4.69) is 10.4 Å². The molecule has 204 valence electrons. The van der Waals surface area contributed by atoms with Crippen molar-refractivity contribution >= 4 is 50.0 Å². The van der Waals surface area contributed by atoms with Gasteiger partial charge in [0.1, 0.15) is 23.6 Å². The molecule has 3 aromatic heterocycles. The number of aromatic nitrogens is 2. The molecule has 0 bridgehead atoms. The van der Waals surface area contributed by atoms with Crippen LogP contribution >= 0.6 is 22.7 Å². The van der Waals surface area contributed by atoms with Gasteiger partial charge in [0.05, 0.1) is 17.2 Å². The van der Waals surface area contributed by atoms with Gasteiger partial charge in [-0.15, -0.1) is 22.7 Å². The molecule has 1 atom stereocenters. The highest BCUT2D eigenvalue weighted by molar-refractivity contribution is 7.31. The van der Waals surface area contributed by atoms with Gasteiger partial charge in [-0.2, -0.15) is 5.10 Å². The number of aliphatic carboxylic acids is 1. The van der Waals surface area contributed by atoms with Crippen molar-refractivity contribution in [2.75, 3.05) is 5.32 Å². The minimum Gasteiger partial charge on any atom is -0.481 e. The van der Waals surface area contributed by atoms with E-state index in [-0.39, 0.29) is 18.4 Å². The van der Waals surface area contributed by atoms with Gasteiger partial charge in [-0.1, -0.05) is 30.3 Å². The van der Waals surface area contributed by atoms with Crippen LogP contribution in [0, 0.1) is 11.6 Å². The van der Waals surface area contributed by atoms with Crippen molar-refractivity contribution in [3.05, 3.63) is 83.6 Å². The second kappa shape index (κ2) is 9.83. The number of carbonyl (C=O) groups excluding carboxylic acids is 1. The number of ether oxygens (including phenoxy) is 1. The second-order valence-electron chi connectivity index (χ2n) is 9.77. The number of benzene rings is 2. The lowest BCUT2D eigenvalue weighted by atomic mass is 9.93. The summed E-state index contributed by atoms with van der Waals surface area (Å²) in [6, 6.07) is 15.6. The average Bonchev–Trinajstić information content (AvgIpc) is 3.28. The number of carbonyl (C=O) groups is 2. The molecule has 1 amide bonds. The fourth-order valence-electron chi connectivity index (χ4n) is 4.82. The number of halogens is 2. The summed E-state index contributed by atoms with van der Waals surface area (Å²) in [5, 5.41) is 16.6. The van der Waals surface area contributed by atoms with E-state index in [9.17, 15) is 23.5 Å². The van der Waals surface area contributed by atoms with Gasteiger partial charge in [-0.05, 0) is 55.2 Å². The summed E-state index contributed by atoms with van der Waals surface area (Å²) in [6.45, 7) is 1.80. The first-order valence-electron chi connectivity index (χ1n) is 12.5. The lowest BCUT2D eigenvalue weighted by Gasteiger charge is -2.14. The first-order valence-corrected chi connectivity index (χ1v) is 14.1. The minimum absolute atomic E-state index is 0.224. The van der Waals surface area contributed by atoms with Crippen LogP contribution in [0.1, 0.15) is 37.0 Å². The molecule has 0 aliphatic heterocycles. The van der Waals surface area contributed by atoms with Gasteiger partial charge in [0.25, 0.3) is 0 Å². The topological polar surface area (TPSA) is 93.4 Å². The Bertz CT molecular complexity index is 1720. The molecular formula is C29H23F2N3O4S2. The number of anilines is 1. The van der Waals surface area contributed by atoms with E-state index in [1.807, 2.05) is 42.5 Å². The fourth-order valence-corrected chi connectivity index (χ4v) is 7.22. The number of amides is 1. The lowest BCUT2D eigenvalue weighted by molar-refractivity contribution is -0.140. The van der Waals surface area contributed by atoms with Crippen molar-refractivity contribution in [1.29, 1.82) is 0 Å². The molecule has 1 aliphatic carbocycles. The van der Waals surface area contributed by atoms with E-state index in [1.165, 1.54) is 34.8 Å². The third-order valence-corrected chi connectivity index (χ3v) is 9.52. The zero-order chi connectivity index (χ0) is 28.2. The highest BCUT2D eigenvalue weighted by atomic mass is 32.1. The Morgan fingerprint density at radius 1 is 1.05 bits per heavy atom. The Balaban J connectivity index is 1.24. The minimum atomic E-state index is -1.46. The molecule has 5 aromatic rings. The molecule has 11 heteroatoms. The smallest absolute Gasteiger partial charge is 0.413 e. The van der Waals surface area contributed by atoms with Gasteiger partial charge >= 0.3 is 12.1 Å². The summed E-state index contributed by atoms with van der Waals surface area (Å²) in [7, 11) is 1.72. The van der Waals surface area contributed by atoms with Crippen molar-refractivity contribution in [2.24, 2.45) is 7.05 Å². The predicted octanol–water partition coefficient (Wildman–Crippen LogP) is 7.73. The fraction of sp³-hybridized carbons (Fsp3) is 0.207. The quantitative estimate of drug-likeness (QED) is 0.206. The highest BCUT2D eigenvalue weighted by Gasteiger charge is 2.55. The number of carboxylic acids is 1. The molecule has 6 rings (SSSR count). The molecule has 0 saturated heterocycles. The molecular weight excluding hydrogens is 556 g/mol. The van der Waals surface area contributed by atoms with Gasteiger partial charge < -0.3 is 9.84 Å². The number of thiophene rings is 2. The van der Waals surface area contributed by atoms with Gasteiger partial charge in [0.15, 0.2) is 0 Å². The molecule has 0 spiro atoms. The van der Waals surface area contributed by atoms with E-state index in [0.717, 1.165) is 19.8 Å². The molecule has 1 fully saturated rings. The number of hydrogen-bond acceptors (Lipinski definition) is 6. The second-order valence-corrected chi connectivity index (χ2v) is 11.9. The molecule has 0 unspecified atom stereocenters. The molecule has 3 heterocycles. The monoisotopic (exact) mass is 579 g/mol. The third-order valence-electron chi connectivity index (χ3n) is 7.15. The van der Waals surface area contributed by atoms with Gasteiger partial charge in [0, 0.05) is 31.8 Å². The van der Waals surface area contributed by atoms with Gasteiger partial charge in [-0.25, -0.2) is 13.6 Å². The van der Waals surface area contributed by atoms with Gasteiger partial charge in [0.2, 0.25) is 0 Å². The Labute approximate surface area is 235 Å². The Morgan fingerprint density at radius 2 is 1.68 bits per heavy atom. The van der Waals surface area contributed by atoms with E-state index in [4.69, 9.17) is 4.74 Å². The molecule has 2 aromatic carbocycles. The summed E-state index contributed by atoms with van der Waals surface area (Å²) >= 11 is 2.83. The largest absolute Gasteiger partial charge is 0.481 e. The Morgan fingerprint density at radius 3 is 2.30 bits per heavy atom. The molecule has 1 aliphatic rings. The van der Waals surface area contributed by atoms with Gasteiger partial charge in [-0.3, -0.25) is 14.8 Å². The molecule has 2 N–H and O–H groups in total. The maximum Gasteiger partial charge on any atom is 0.413 e. The van der Waals surface area contributed by atoms with Crippen LogP contribution in [0.5, 0.6) is 0 Å². The van der Waals surface area contributed by atoms with Crippen LogP contribution in [0.3, 0.4) is 0 Å². The SMILES string of the molecule is C[C@@H](OC(=O)Nc1c(-c2cc3sc(-c4cc(F)c(C5(C(=O)O)CC5)c(F)c4)cc3s2)cnn1C)c1ccccc1. The number of rotatable bonds is 7. The van der Waals surface area contributed by atoms with Crippen molar-refractivity contribution in [3.63, 3.8) is 0 Å². The zero-order valence-electron chi connectivity index (χ0n) is 21.4. The lowest BCUT2D eigenvalue weighted by Crippen LogP contribution is -2.22. The zero-order valence-corrected chi connectivity index (χ0v) is 23.0. The molecule has 0 radical (unpaired) electrons. The summed E-state index contributed by atoms with van der Waals surface area (Å²) in [5.41, 5.74) is 0.123. The third kappa shape index (κ3) is 4.54. The maximum absolute atomic E-state index is 14.9. The maximum atomic E-state index is 14.9. The molecule has 1 saturated carbocycles. The van der Waals surface area contributed by atoms with Crippen LogP contribution in [0.15, 0.2) is 60.8 Å². The van der Waals surface area contributed by atoms with Crippen LogP contribution in [-0.4, -0.2) is 26.9 Å². The van der Waals surface area contributed by atoms with E-state index >= 15 is 0 Å². The van der Waals surface area contributed by atoms with Crippen LogP contribution in [0.25, 0.3) is 30.3 Å². The van der Waals surface area contributed by atoms with Crippen molar-refractivity contribution in [1.82, 2.24) is 9.78 Å². The number of carboxylic acid groups (broad SMARTS) is 1. The summed E-state index contributed by atoms with van der Waals surface area (Å²) < 4.78 is 38.8. The number of aryl methyl sites for hydroxylation is 1. The molecule has 7 nitrogen and oxygen atoms in total. The van der Waals surface area contributed by atoms with Crippen LogP contribution in [0.4, 0.5) is 19.4 Å². The van der Waals surface area contributed by atoms with E-state index in [0.29, 0.717) is 21.8 Å². The van der Waals surface area contributed by atoms with Crippen molar-refractivity contribution < 1.29 is 28.2 Å². The van der Waals surface area contributed by atoms with E-state index in [1.54, 1.807) is 24.9 Å². The number of fused-ring (bicyclic) bond motifs is 1. The van der Waals surface area contributed by atoms with Crippen LogP contribution in [-0.2, 0) is 22.0 Å². The standard InChI is InChI=1S/C29H23F2N3O4S2/c1-15(16-6-4-3-5-7-16)38-28(37)33-26-18(14-32-34(26)2)22-13-24-23(40-22)12-21(39-24)17-10-19(30)25(20(31)11-17)29(8-9-29)27(35)36/h3-7,10-15H,8-9H2,1-2H3,(H,33,37)(H,35,36)/t15-/m1/s1. The first-order chi connectivity index (χ1) is 19.2. The number of nitrogens with zero attached hydrogens (tertiary/aromatic N) is 2. The first kappa shape index (κ1) is 26.1. The molecule has 40 heavy (non-hydrogen) atoms. The van der Waals surface area contributed by atoms with Crippen molar-refractivity contribution in [2.45, 2.75) is 31.3 Å². The summed E-state index contributed by atoms with van der Waals surface area (Å²) in [6.07, 6.45) is 1.06. The van der Waals surface area contributed by atoms with Crippen molar-refractivity contribution in [3.8, 4) is 20.9 Å². The normalized spacial score (nSPS) is 14.7. The average molecular weight is 580 g/mol. The van der Waals surface area contributed by atoms with Crippen LogP contribution < -0.4 is 5.32 Å².